The number of benzene rings is 3. The van der Waals surface area contributed by atoms with Crippen molar-refractivity contribution in [1.29, 1.82) is 0 Å². The van der Waals surface area contributed by atoms with Gasteiger partial charge in [0.2, 0.25) is 5.91 Å². The molecular formula is C26H30N2O4S. The van der Waals surface area contributed by atoms with E-state index >= 15 is 0 Å². The molecule has 7 heteroatoms. The molecule has 0 saturated carbocycles. The first kappa shape index (κ1) is 24.3. The van der Waals surface area contributed by atoms with E-state index in [9.17, 15) is 13.2 Å². The van der Waals surface area contributed by atoms with E-state index in [0.717, 1.165) is 22.4 Å². The van der Waals surface area contributed by atoms with Gasteiger partial charge in [0.05, 0.1) is 23.7 Å². The van der Waals surface area contributed by atoms with Gasteiger partial charge in [0.25, 0.3) is 10.0 Å². The van der Waals surface area contributed by atoms with Crippen molar-refractivity contribution in [3.05, 3.63) is 89.5 Å². The minimum absolute atomic E-state index is 0.138. The average Bonchev–Trinajstić information content (AvgIpc) is 2.81. The van der Waals surface area contributed by atoms with Crippen molar-refractivity contribution in [2.24, 2.45) is 0 Å². The molecule has 0 saturated heterocycles. The Morgan fingerprint density at radius 1 is 0.970 bits per heavy atom. The Hall–Kier alpha value is -3.32. The summed E-state index contributed by atoms with van der Waals surface area (Å²) in [6, 6.07) is 20.9. The summed E-state index contributed by atoms with van der Waals surface area (Å²) in [5, 5.41) is 2.99. The second-order valence-electron chi connectivity index (χ2n) is 7.97. The van der Waals surface area contributed by atoms with Crippen LogP contribution in [0, 0.1) is 13.8 Å². The van der Waals surface area contributed by atoms with E-state index in [1.807, 2.05) is 51.1 Å². The van der Waals surface area contributed by atoms with Crippen LogP contribution in [0.15, 0.2) is 77.7 Å². The van der Waals surface area contributed by atoms with Crippen LogP contribution in [-0.4, -0.2) is 28.0 Å². The van der Waals surface area contributed by atoms with Crippen LogP contribution in [0.5, 0.6) is 5.75 Å². The maximum atomic E-state index is 13.5. The highest BCUT2D eigenvalue weighted by Gasteiger charge is 2.28. The van der Waals surface area contributed by atoms with Gasteiger partial charge in [-0.3, -0.25) is 9.10 Å². The van der Waals surface area contributed by atoms with E-state index < -0.39 is 10.0 Å². The third-order valence-corrected chi connectivity index (χ3v) is 7.16. The van der Waals surface area contributed by atoms with Crippen LogP contribution in [0.4, 0.5) is 5.69 Å². The van der Waals surface area contributed by atoms with Gasteiger partial charge in [-0.15, -0.1) is 0 Å². The maximum Gasteiger partial charge on any atom is 0.264 e. The number of ether oxygens (including phenoxy) is 1. The largest absolute Gasteiger partial charge is 0.497 e. The zero-order chi connectivity index (χ0) is 24.0. The number of nitrogens with zero attached hydrogens (tertiary/aromatic N) is 1. The predicted octanol–water partition coefficient (Wildman–Crippen LogP) is 4.77. The number of hydrogen-bond acceptors (Lipinski definition) is 4. The monoisotopic (exact) mass is 466 g/mol. The molecule has 6 nitrogen and oxygen atoms in total. The summed E-state index contributed by atoms with van der Waals surface area (Å²) in [5.74, 6) is 0.353. The highest BCUT2D eigenvalue weighted by molar-refractivity contribution is 7.92. The van der Waals surface area contributed by atoms with Crippen molar-refractivity contribution in [3.63, 3.8) is 0 Å². The van der Waals surface area contributed by atoms with Crippen LogP contribution in [-0.2, 0) is 14.8 Å². The summed E-state index contributed by atoms with van der Waals surface area (Å²) in [4.78, 5) is 13.2. The van der Waals surface area contributed by atoms with E-state index in [1.54, 1.807) is 37.4 Å². The molecule has 3 rings (SSSR count). The van der Waals surface area contributed by atoms with E-state index in [-0.39, 0.29) is 23.4 Å². The molecule has 1 amide bonds. The molecule has 1 atom stereocenters. The van der Waals surface area contributed by atoms with Gasteiger partial charge in [-0.05, 0) is 73.4 Å². The summed E-state index contributed by atoms with van der Waals surface area (Å²) in [6.45, 7) is 5.45. The number of carbonyl (C=O) groups is 1. The van der Waals surface area contributed by atoms with Gasteiger partial charge in [-0.25, -0.2) is 8.42 Å². The Morgan fingerprint density at radius 2 is 1.58 bits per heavy atom. The van der Waals surface area contributed by atoms with E-state index in [4.69, 9.17) is 4.74 Å². The smallest absolute Gasteiger partial charge is 0.264 e. The third-order valence-electron chi connectivity index (χ3n) is 5.37. The molecule has 0 spiro atoms. The van der Waals surface area contributed by atoms with Gasteiger partial charge >= 0.3 is 0 Å². The summed E-state index contributed by atoms with van der Waals surface area (Å²) in [6.07, 6.45) is 0.660. The maximum absolute atomic E-state index is 13.5. The molecule has 0 bridgehead atoms. The number of nitrogens with one attached hydrogen (secondary N) is 1. The van der Waals surface area contributed by atoms with Crippen LogP contribution >= 0.6 is 0 Å². The number of anilines is 1. The topological polar surface area (TPSA) is 75.7 Å². The summed E-state index contributed by atoms with van der Waals surface area (Å²) in [7, 11) is -2.34. The average molecular weight is 467 g/mol. The lowest BCUT2D eigenvalue weighted by Crippen LogP contribution is -2.42. The highest BCUT2D eigenvalue weighted by Crippen LogP contribution is 2.26. The molecule has 0 radical (unpaired) electrons. The molecule has 33 heavy (non-hydrogen) atoms. The first-order valence-corrected chi connectivity index (χ1v) is 12.3. The Bertz CT molecular complexity index is 1170. The fourth-order valence-corrected chi connectivity index (χ4v) is 5.18. The van der Waals surface area contributed by atoms with Crippen molar-refractivity contribution >= 4 is 21.6 Å². The number of carbonyl (C=O) groups excluding carboxylic acids is 1. The van der Waals surface area contributed by atoms with Crippen molar-refractivity contribution in [2.45, 2.75) is 38.1 Å². The highest BCUT2D eigenvalue weighted by atomic mass is 32.2. The number of sulfonamides is 1. The van der Waals surface area contributed by atoms with Crippen molar-refractivity contribution in [3.8, 4) is 5.75 Å². The standard InChI is InChI=1S/C26H30N2O4S/c1-5-25(21-11-13-23(32-4)14-12-21)27-26(29)18-28(22-16-19(2)15-20(3)17-22)33(30,31)24-9-7-6-8-10-24/h6-17,25H,5,18H2,1-4H3,(H,27,29)/t25-/m1/s1. The second-order valence-corrected chi connectivity index (χ2v) is 9.83. The van der Waals surface area contributed by atoms with Gasteiger partial charge in [0.15, 0.2) is 0 Å². The van der Waals surface area contributed by atoms with E-state index in [2.05, 4.69) is 5.32 Å². The summed E-state index contributed by atoms with van der Waals surface area (Å²) in [5.41, 5.74) is 3.23. The van der Waals surface area contributed by atoms with Crippen LogP contribution in [0.25, 0.3) is 0 Å². The molecular weight excluding hydrogens is 436 g/mol. The first-order chi connectivity index (χ1) is 15.7. The van der Waals surface area contributed by atoms with Crippen LogP contribution < -0.4 is 14.4 Å². The molecule has 0 fully saturated rings. The molecule has 0 unspecified atom stereocenters. The number of aryl methyl sites for hydroxylation is 2. The molecule has 0 aliphatic heterocycles. The molecule has 3 aromatic carbocycles. The Balaban J connectivity index is 1.91. The quantitative estimate of drug-likeness (QED) is 0.493. The Morgan fingerprint density at radius 3 is 2.12 bits per heavy atom. The lowest BCUT2D eigenvalue weighted by molar-refractivity contribution is -0.120. The molecule has 0 heterocycles. The summed E-state index contributed by atoms with van der Waals surface area (Å²) >= 11 is 0. The van der Waals surface area contributed by atoms with Crippen molar-refractivity contribution in [2.75, 3.05) is 18.0 Å². The fourth-order valence-electron chi connectivity index (χ4n) is 3.76. The van der Waals surface area contributed by atoms with E-state index in [1.165, 1.54) is 16.4 Å². The summed E-state index contributed by atoms with van der Waals surface area (Å²) < 4.78 is 33.4. The number of hydrogen-bond donors (Lipinski definition) is 1. The third kappa shape index (κ3) is 5.93. The van der Waals surface area contributed by atoms with Gasteiger partial charge in [0, 0.05) is 0 Å². The zero-order valence-corrected chi connectivity index (χ0v) is 20.2. The molecule has 0 aliphatic carbocycles. The normalized spacial score (nSPS) is 12.1. The molecule has 174 valence electrons. The minimum Gasteiger partial charge on any atom is -0.497 e. The lowest BCUT2D eigenvalue weighted by atomic mass is 10.0. The predicted molar refractivity (Wildman–Crippen MR) is 131 cm³/mol. The molecule has 0 aliphatic rings. The molecule has 0 aromatic heterocycles. The zero-order valence-electron chi connectivity index (χ0n) is 19.4. The SMILES string of the molecule is CC[C@@H](NC(=O)CN(c1cc(C)cc(C)c1)S(=O)(=O)c1ccccc1)c1ccc(OC)cc1. The van der Waals surface area contributed by atoms with Crippen LogP contribution in [0.1, 0.15) is 36.1 Å². The number of amides is 1. The second kappa shape index (κ2) is 10.5. The van der Waals surface area contributed by atoms with Crippen LogP contribution in [0.2, 0.25) is 0 Å². The van der Waals surface area contributed by atoms with E-state index in [0.29, 0.717) is 12.1 Å². The van der Waals surface area contributed by atoms with Gasteiger partial charge in [0.1, 0.15) is 12.3 Å². The van der Waals surface area contributed by atoms with Gasteiger partial charge in [-0.2, -0.15) is 0 Å². The molecule has 3 aromatic rings. The Kier molecular flexibility index (Phi) is 7.76. The lowest BCUT2D eigenvalue weighted by Gasteiger charge is -2.26. The number of methoxy groups -OCH3 is 1. The van der Waals surface area contributed by atoms with Crippen molar-refractivity contribution in [1.82, 2.24) is 5.32 Å². The molecule has 1 N–H and O–H groups in total. The number of rotatable bonds is 9. The minimum atomic E-state index is -3.94. The first-order valence-electron chi connectivity index (χ1n) is 10.8. The Labute approximate surface area is 196 Å². The van der Waals surface area contributed by atoms with Crippen LogP contribution in [0.3, 0.4) is 0 Å². The fraction of sp³-hybridized carbons (Fsp3) is 0.269. The van der Waals surface area contributed by atoms with Crippen molar-refractivity contribution < 1.29 is 17.9 Å². The van der Waals surface area contributed by atoms with Gasteiger partial charge < -0.3 is 10.1 Å². The van der Waals surface area contributed by atoms with Gasteiger partial charge in [-0.1, -0.05) is 43.3 Å².